The number of rotatable bonds is 5. The molecule has 2 fully saturated rings. The Balaban J connectivity index is 0.00000208. The van der Waals surface area contributed by atoms with Crippen molar-refractivity contribution in [2.75, 3.05) is 26.7 Å². The Morgan fingerprint density at radius 3 is 2.67 bits per heavy atom. The summed E-state index contributed by atoms with van der Waals surface area (Å²) >= 11 is 0. The Morgan fingerprint density at radius 1 is 1.29 bits per heavy atom. The second-order valence-electron chi connectivity index (χ2n) is 6.96. The number of ether oxygens (including phenoxy) is 1. The summed E-state index contributed by atoms with van der Waals surface area (Å²) in [5, 5.41) is 6.58. The van der Waals surface area contributed by atoms with Crippen LogP contribution in [0.5, 0.6) is 5.75 Å². The molecule has 5 heteroatoms. The first kappa shape index (κ1) is 19.1. The normalized spacial score (nSPS) is 20.2. The number of piperidine rings is 1. The van der Waals surface area contributed by atoms with E-state index in [0.717, 1.165) is 51.1 Å². The molecule has 0 aromatic heterocycles. The number of methoxy groups -OCH3 is 1. The second-order valence-corrected chi connectivity index (χ2v) is 6.96. The van der Waals surface area contributed by atoms with Gasteiger partial charge in [-0.3, -0.25) is 4.79 Å². The quantitative estimate of drug-likeness (QED) is 0.856. The fourth-order valence-corrected chi connectivity index (χ4v) is 4.06. The number of nitrogens with one attached hydrogen (secondary N) is 2. The van der Waals surface area contributed by atoms with Crippen molar-refractivity contribution in [3.63, 3.8) is 0 Å². The number of benzene rings is 1. The van der Waals surface area contributed by atoms with Crippen LogP contribution in [0.15, 0.2) is 24.3 Å². The molecule has 1 aliphatic heterocycles. The topological polar surface area (TPSA) is 50.4 Å². The van der Waals surface area contributed by atoms with Gasteiger partial charge in [-0.1, -0.05) is 25.0 Å². The maximum absolute atomic E-state index is 12.5. The fraction of sp³-hybridized carbons (Fsp3) is 0.632. The van der Waals surface area contributed by atoms with Crippen LogP contribution in [0.1, 0.15) is 44.1 Å². The zero-order valence-corrected chi connectivity index (χ0v) is 15.3. The van der Waals surface area contributed by atoms with E-state index in [9.17, 15) is 4.79 Å². The Morgan fingerprint density at radius 2 is 2.00 bits per heavy atom. The van der Waals surface area contributed by atoms with Crippen molar-refractivity contribution in [2.24, 2.45) is 5.92 Å². The van der Waals surface area contributed by atoms with Crippen molar-refractivity contribution in [2.45, 2.75) is 43.9 Å². The van der Waals surface area contributed by atoms with E-state index in [4.69, 9.17) is 4.74 Å². The molecule has 2 N–H and O–H groups in total. The number of carbonyl (C=O) groups is 1. The second kappa shape index (κ2) is 8.72. The average molecular weight is 353 g/mol. The summed E-state index contributed by atoms with van der Waals surface area (Å²) < 4.78 is 5.39. The lowest BCUT2D eigenvalue weighted by molar-refractivity contribution is -0.126. The molecular formula is C19H29ClN2O2. The van der Waals surface area contributed by atoms with Gasteiger partial charge in [0, 0.05) is 17.9 Å². The van der Waals surface area contributed by atoms with E-state index in [2.05, 4.69) is 28.8 Å². The molecule has 4 nitrogen and oxygen atoms in total. The van der Waals surface area contributed by atoms with Crippen LogP contribution in [-0.2, 0) is 10.2 Å². The molecule has 1 aromatic rings. The first-order valence-electron chi connectivity index (χ1n) is 8.86. The maximum atomic E-state index is 12.5. The summed E-state index contributed by atoms with van der Waals surface area (Å²) in [6, 6.07) is 8.37. The van der Waals surface area contributed by atoms with Gasteiger partial charge in [-0.2, -0.15) is 0 Å². The molecule has 0 radical (unpaired) electrons. The van der Waals surface area contributed by atoms with Gasteiger partial charge in [0.1, 0.15) is 5.75 Å². The summed E-state index contributed by atoms with van der Waals surface area (Å²) in [6.45, 7) is 2.67. The van der Waals surface area contributed by atoms with E-state index in [1.165, 1.54) is 18.4 Å². The van der Waals surface area contributed by atoms with Crippen LogP contribution in [0.2, 0.25) is 0 Å². The molecule has 2 aliphatic rings. The predicted octanol–water partition coefficient (Wildman–Crippen LogP) is 3.04. The molecule has 1 heterocycles. The zero-order valence-electron chi connectivity index (χ0n) is 14.5. The summed E-state index contributed by atoms with van der Waals surface area (Å²) in [5.41, 5.74) is 1.39. The molecule has 1 saturated carbocycles. The monoisotopic (exact) mass is 352 g/mol. The van der Waals surface area contributed by atoms with Gasteiger partial charge >= 0.3 is 0 Å². The van der Waals surface area contributed by atoms with E-state index in [1.807, 2.05) is 6.07 Å². The van der Waals surface area contributed by atoms with Crippen LogP contribution in [-0.4, -0.2) is 32.7 Å². The van der Waals surface area contributed by atoms with Crippen molar-refractivity contribution >= 4 is 18.3 Å². The third kappa shape index (κ3) is 4.22. The summed E-state index contributed by atoms with van der Waals surface area (Å²) in [5.74, 6) is 1.32. The van der Waals surface area contributed by atoms with Gasteiger partial charge in [0.15, 0.2) is 0 Å². The molecule has 134 valence electrons. The molecule has 3 rings (SSSR count). The molecule has 1 aromatic carbocycles. The van der Waals surface area contributed by atoms with Gasteiger partial charge in [-0.25, -0.2) is 0 Å². The minimum absolute atomic E-state index is 0. The molecule has 1 aliphatic carbocycles. The number of hydrogen-bond acceptors (Lipinski definition) is 3. The van der Waals surface area contributed by atoms with Crippen molar-refractivity contribution < 1.29 is 9.53 Å². The lowest BCUT2D eigenvalue weighted by atomic mass is 9.78. The van der Waals surface area contributed by atoms with Gasteiger partial charge in [-0.15, -0.1) is 12.4 Å². The molecular weight excluding hydrogens is 324 g/mol. The molecule has 1 amide bonds. The third-order valence-corrected chi connectivity index (χ3v) is 5.55. The number of hydrogen-bond donors (Lipinski definition) is 2. The van der Waals surface area contributed by atoms with Crippen LogP contribution in [0.4, 0.5) is 0 Å². The van der Waals surface area contributed by atoms with Gasteiger partial charge in [0.05, 0.1) is 7.11 Å². The SMILES string of the molecule is COc1cccc(C2(CNC(=O)C3CCNCC3)CCCC2)c1.Cl. The minimum Gasteiger partial charge on any atom is -0.497 e. The van der Waals surface area contributed by atoms with Crippen molar-refractivity contribution in [1.82, 2.24) is 10.6 Å². The van der Waals surface area contributed by atoms with Crippen molar-refractivity contribution in [3.05, 3.63) is 29.8 Å². The standard InChI is InChI=1S/C19H28N2O2.ClH/c1-23-17-6-4-5-16(13-17)19(9-2-3-10-19)14-21-18(22)15-7-11-20-12-8-15;/h4-6,13,15,20H,2-3,7-12,14H2,1H3,(H,21,22);1H. The van der Waals surface area contributed by atoms with Crippen LogP contribution in [0.3, 0.4) is 0 Å². The maximum Gasteiger partial charge on any atom is 0.223 e. The molecule has 0 spiro atoms. The number of carbonyl (C=O) groups excluding carboxylic acids is 1. The van der Waals surface area contributed by atoms with E-state index in [0.29, 0.717) is 0 Å². The van der Waals surface area contributed by atoms with E-state index >= 15 is 0 Å². The van der Waals surface area contributed by atoms with Gasteiger partial charge in [0.2, 0.25) is 5.91 Å². The van der Waals surface area contributed by atoms with Gasteiger partial charge < -0.3 is 15.4 Å². The van der Waals surface area contributed by atoms with E-state index in [1.54, 1.807) is 7.11 Å². The Kier molecular flexibility index (Phi) is 6.93. The Bertz CT molecular complexity index is 538. The fourth-order valence-electron chi connectivity index (χ4n) is 4.06. The highest BCUT2D eigenvalue weighted by molar-refractivity contribution is 5.85. The van der Waals surface area contributed by atoms with Crippen molar-refractivity contribution in [3.8, 4) is 5.75 Å². The molecule has 0 atom stereocenters. The molecule has 1 saturated heterocycles. The van der Waals surface area contributed by atoms with E-state index in [-0.39, 0.29) is 29.6 Å². The highest BCUT2D eigenvalue weighted by Gasteiger charge is 2.36. The Hall–Kier alpha value is -1.26. The Labute approximate surface area is 151 Å². The van der Waals surface area contributed by atoms with Crippen LogP contribution >= 0.6 is 12.4 Å². The largest absolute Gasteiger partial charge is 0.497 e. The van der Waals surface area contributed by atoms with Crippen LogP contribution < -0.4 is 15.4 Å². The average Bonchev–Trinajstić information content (AvgIpc) is 3.11. The van der Waals surface area contributed by atoms with Crippen LogP contribution in [0.25, 0.3) is 0 Å². The van der Waals surface area contributed by atoms with Crippen molar-refractivity contribution in [1.29, 1.82) is 0 Å². The molecule has 0 unspecified atom stereocenters. The minimum atomic E-state index is 0. The lowest BCUT2D eigenvalue weighted by Crippen LogP contribution is -2.44. The molecule has 24 heavy (non-hydrogen) atoms. The van der Waals surface area contributed by atoms with Crippen LogP contribution in [0, 0.1) is 5.92 Å². The summed E-state index contributed by atoms with van der Waals surface area (Å²) in [4.78, 5) is 12.5. The predicted molar refractivity (Wildman–Crippen MR) is 99.0 cm³/mol. The first-order chi connectivity index (χ1) is 11.2. The zero-order chi connectivity index (χ0) is 16.1. The van der Waals surface area contributed by atoms with E-state index < -0.39 is 0 Å². The lowest BCUT2D eigenvalue weighted by Gasteiger charge is -2.31. The third-order valence-electron chi connectivity index (χ3n) is 5.55. The summed E-state index contributed by atoms with van der Waals surface area (Å²) in [6.07, 6.45) is 6.68. The number of halogens is 1. The highest BCUT2D eigenvalue weighted by Crippen LogP contribution is 2.41. The number of amides is 1. The molecule has 0 bridgehead atoms. The highest BCUT2D eigenvalue weighted by atomic mass is 35.5. The smallest absolute Gasteiger partial charge is 0.223 e. The van der Waals surface area contributed by atoms with Gasteiger partial charge in [0.25, 0.3) is 0 Å². The first-order valence-corrected chi connectivity index (χ1v) is 8.86. The summed E-state index contributed by atoms with van der Waals surface area (Å²) in [7, 11) is 1.71. The van der Waals surface area contributed by atoms with Gasteiger partial charge in [-0.05, 0) is 56.5 Å².